The first-order valence-electron chi connectivity index (χ1n) is 5.37. The van der Waals surface area contributed by atoms with Crippen molar-refractivity contribution in [1.29, 1.82) is 0 Å². The zero-order valence-electron chi connectivity index (χ0n) is 9.29. The lowest BCUT2D eigenvalue weighted by Gasteiger charge is -2.36. The summed E-state index contributed by atoms with van der Waals surface area (Å²) in [6.07, 6.45) is 0. The third-order valence-corrected chi connectivity index (χ3v) is 3.73. The van der Waals surface area contributed by atoms with Crippen molar-refractivity contribution >= 4 is 17.2 Å². The van der Waals surface area contributed by atoms with Gasteiger partial charge in [-0.1, -0.05) is 11.2 Å². The van der Waals surface area contributed by atoms with Crippen LogP contribution in [0.4, 0.5) is 0 Å². The molecule has 2 aromatic rings. The smallest absolute Gasteiger partial charge is 0.233 e. The van der Waals surface area contributed by atoms with Crippen LogP contribution in [0.2, 0.25) is 0 Å². The Morgan fingerprint density at radius 3 is 3.06 bits per heavy atom. The molecule has 1 fully saturated rings. The molecule has 5 nitrogen and oxygen atoms in total. The minimum absolute atomic E-state index is 0.0965. The molecule has 88 valence electrons. The van der Waals surface area contributed by atoms with Gasteiger partial charge in [0.05, 0.1) is 10.8 Å². The van der Waals surface area contributed by atoms with Gasteiger partial charge in [-0.3, -0.25) is 4.79 Å². The van der Waals surface area contributed by atoms with Gasteiger partial charge in [-0.05, 0) is 11.4 Å². The summed E-state index contributed by atoms with van der Waals surface area (Å²) < 4.78 is 5.23. The van der Waals surface area contributed by atoms with Crippen molar-refractivity contribution in [2.24, 2.45) is 0 Å². The monoisotopic (exact) mass is 249 g/mol. The van der Waals surface area contributed by atoms with Gasteiger partial charge in [0.15, 0.2) is 0 Å². The van der Waals surface area contributed by atoms with Crippen molar-refractivity contribution < 1.29 is 9.32 Å². The maximum Gasteiger partial charge on any atom is 0.233 e. The average molecular weight is 249 g/mol. The number of nitrogens with zero attached hydrogens (tertiary/aromatic N) is 3. The van der Waals surface area contributed by atoms with E-state index in [1.54, 1.807) is 23.2 Å². The van der Waals surface area contributed by atoms with Crippen molar-refractivity contribution in [3.05, 3.63) is 23.4 Å². The minimum atomic E-state index is 0.0965. The first-order chi connectivity index (χ1) is 8.24. The number of rotatable bonds is 2. The largest absolute Gasteiger partial charge is 0.341 e. The second kappa shape index (κ2) is 3.96. The third kappa shape index (κ3) is 1.84. The molecule has 0 N–H and O–H groups in total. The molecule has 6 heteroatoms. The Balaban J connectivity index is 1.72. The average Bonchev–Trinajstić information content (AvgIpc) is 2.82. The standard InChI is InChI=1S/C11H11N3O2S/c1-7(15)14-5-8(6-14)11-12-10(13-16-11)9-3-2-4-17-9/h2-4,8H,5-6H2,1H3. The van der Waals surface area contributed by atoms with E-state index in [2.05, 4.69) is 10.1 Å². The zero-order valence-corrected chi connectivity index (χ0v) is 10.1. The van der Waals surface area contributed by atoms with Gasteiger partial charge >= 0.3 is 0 Å². The van der Waals surface area contributed by atoms with Crippen LogP contribution in [0, 0.1) is 0 Å². The molecule has 2 aromatic heterocycles. The van der Waals surface area contributed by atoms with Gasteiger partial charge in [0.1, 0.15) is 0 Å². The van der Waals surface area contributed by atoms with E-state index in [4.69, 9.17) is 4.52 Å². The summed E-state index contributed by atoms with van der Waals surface area (Å²) in [5.41, 5.74) is 0. The molecule has 0 aliphatic carbocycles. The molecule has 1 aliphatic rings. The predicted molar refractivity (Wildman–Crippen MR) is 62.6 cm³/mol. The van der Waals surface area contributed by atoms with E-state index in [-0.39, 0.29) is 11.8 Å². The molecule has 3 rings (SSSR count). The quantitative estimate of drug-likeness (QED) is 0.813. The Kier molecular flexibility index (Phi) is 2.44. The Hall–Kier alpha value is -1.69. The number of hydrogen-bond donors (Lipinski definition) is 0. The van der Waals surface area contributed by atoms with E-state index >= 15 is 0 Å². The number of amides is 1. The summed E-state index contributed by atoms with van der Waals surface area (Å²) >= 11 is 1.58. The zero-order chi connectivity index (χ0) is 11.8. The Morgan fingerprint density at radius 1 is 1.59 bits per heavy atom. The van der Waals surface area contributed by atoms with E-state index in [0.717, 1.165) is 4.88 Å². The van der Waals surface area contributed by atoms with Crippen molar-refractivity contribution in [1.82, 2.24) is 15.0 Å². The van der Waals surface area contributed by atoms with Crippen LogP contribution < -0.4 is 0 Å². The molecule has 0 bridgehead atoms. The first kappa shape index (κ1) is 10.5. The molecule has 1 aliphatic heterocycles. The number of thiophene rings is 1. The van der Waals surface area contributed by atoms with Gasteiger partial charge in [0, 0.05) is 20.0 Å². The highest BCUT2D eigenvalue weighted by atomic mass is 32.1. The van der Waals surface area contributed by atoms with Crippen LogP contribution in [0.15, 0.2) is 22.0 Å². The second-order valence-electron chi connectivity index (χ2n) is 4.05. The summed E-state index contributed by atoms with van der Waals surface area (Å²) in [6.45, 7) is 2.93. The maximum atomic E-state index is 11.1. The highest BCUT2D eigenvalue weighted by molar-refractivity contribution is 7.13. The Labute approximate surface area is 102 Å². The molecular weight excluding hydrogens is 238 g/mol. The summed E-state index contributed by atoms with van der Waals surface area (Å²) in [7, 11) is 0. The van der Waals surface area contributed by atoms with E-state index in [9.17, 15) is 4.79 Å². The van der Waals surface area contributed by atoms with Crippen molar-refractivity contribution in [3.8, 4) is 10.7 Å². The van der Waals surface area contributed by atoms with Crippen LogP contribution in [0.1, 0.15) is 18.7 Å². The minimum Gasteiger partial charge on any atom is -0.341 e. The highest BCUT2D eigenvalue weighted by Crippen LogP contribution is 2.28. The Morgan fingerprint density at radius 2 is 2.41 bits per heavy atom. The van der Waals surface area contributed by atoms with Crippen molar-refractivity contribution in [3.63, 3.8) is 0 Å². The summed E-state index contributed by atoms with van der Waals surface area (Å²) in [5, 5.41) is 5.93. The van der Waals surface area contributed by atoms with Gasteiger partial charge in [0.25, 0.3) is 0 Å². The number of carbonyl (C=O) groups excluding carboxylic acids is 1. The fraction of sp³-hybridized carbons (Fsp3) is 0.364. The second-order valence-corrected chi connectivity index (χ2v) is 5.00. The summed E-state index contributed by atoms with van der Waals surface area (Å²) in [5.74, 6) is 1.56. The Bertz CT molecular complexity index is 529. The lowest BCUT2D eigenvalue weighted by Crippen LogP contribution is -2.47. The summed E-state index contributed by atoms with van der Waals surface area (Å²) in [4.78, 5) is 18.2. The van der Waals surface area contributed by atoms with Gasteiger partial charge in [0.2, 0.25) is 17.6 Å². The number of hydrogen-bond acceptors (Lipinski definition) is 5. The van der Waals surface area contributed by atoms with Gasteiger partial charge < -0.3 is 9.42 Å². The van der Waals surface area contributed by atoms with E-state index in [1.165, 1.54) is 0 Å². The normalized spacial score (nSPS) is 15.9. The maximum absolute atomic E-state index is 11.1. The molecule has 1 saturated heterocycles. The molecule has 0 radical (unpaired) electrons. The molecule has 0 unspecified atom stereocenters. The highest BCUT2D eigenvalue weighted by Gasteiger charge is 2.34. The molecule has 0 saturated carbocycles. The van der Waals surface area contributed by atoms with Crippen LogP contribution in [-0.4, -0.2) is 34.0 Å². The van der Waals surface area contributed by atoms with Crippen LogP contribution in [0.5, 0.6) is 0 Å². The van der Waals surface area contributed by atoms with Crippen molar-refractivity contribution in [2.45, 2.75) is 12.8 Å². The number of likely N-dealkylation sites (tertiary alicyclic amines) is 1. The number of carbonyl (C=O) groups is 1. The van der Waals surface area contributed by atoms with Crippen LogP contribution in [-0.2, 0) is 4.79 Å². The topological polar surface area (TPSA) is 59.2 Å². The van der Waals surface area contributed by atoms with Gasteiger partial charge in [-0.2, -0.15) is 4.98 Å². The van der Waals surface area contributed by atoms with E-state index in [1.807, 2.05) is 17.5 Å². The molecule has 0 spiro atoms. The lowest BCUT2D eigenvalue weighted by molar-refractivity contribution is -0.133. The molecule has 0 atom stereocenters. The molecule has 3 heterocycles. The molecule has 1 amide bonds. The summed E-state index contributed by atoms with van der Waals surface area (Å²) in [6, 6.07) is 3.92. The van der Waals surface area contributed by atoms with Crippen LogP contribution in [0.25, 0.3) is 10.7 Å². The van der Waals surface area contributed by atoms with Gasteiger partial charge in [-0.25, -0.2) is 0 Å². The molecular formula is C11H11N3O2S. The van der Waals surface area contributed by atoms with E-state index < -0.39 is 0 Å². The molecule has 17 heavy (non-hydrogen) atoms. The van der Waals surface area contributed by atoms with Gasteiger partial charge in [-0.15, -0.1) is 11.3 Å². The first-order valence-corrected chi connectivity index (χ1v) is 6.25. The fourth-order valence-corrected chi connectivity index (χ4v) is 2.45. The van der Waals surface area contributed by atoms with E-state index in [0.29, 0.717) is 24.8 Å². The van der Waals surface area contributed by atoms with Crippen molar-refractivity contribution in [2.75, 3.05) is 13.1 Å². The predicted octanol–water partition coefficient (Wildman–Crippen LogP) is 1.74. The third-order valence-electron chi connectivity index (χ3n) is 2.86. The van der Waals surface area contributed by atoms with Crippen LogP contribution in [0.3, 0.4) is 0 Å². The lowest BCUT2D eigenvalue weighted by atomic mass is 10.0. The number of aromatic nitrogens is 2. The SMILES string of the molecule is CC(=O)N1CC(c2nc(-c3cccs3)no2)C1. The molecule has 0 aromatic carbocycles. The van der Waals surface area contributed by atoms with Crippen LogP contribution >= 0.6 is 11.3 Å². The fourth-order valence-electron chi connectivity index (χ4n) is 1.80.